The Labute approximate surface area is 167 Å². The lowest BCUT2D eigenvalue weighted by molar-refractivity contribution is -0.384. The van der Waals surface area contributed by atoms with Crippen molar-refractivity contribution in [2.75, 3.05) is 0 Å². The van der Waals surface area contributed by atoms with Crippen molar-refractivity contribution in [3.8, 4) is 11.4 Å². The summed E-state index contributed by atoms with van der Waals surface area (Å²) in [5.74, 6) is 0.163. The summed E-state index contributed by atoms with van der Waals surface area (Å²) in [6.45, 7) is 3.84. The number of hydrogen-bond acceptors (Lipinski definition) is 6. The first-order valence-corrected chi connectivity index (χ1v) is 9.06. The number of carbonyl (C=O) groups excluding carboxylic acids is 1. The molecule has 29 heavy (non-hydrogen) atoms. The summed E-state index contributed by atoms with van der Waals surface area (Å²) < 4.78 is 5.34. The molecule has 0 spiro atoms. The molecule has 1 heterocycles. The summed E-state index contributed by atoms with van der Waals surface area (Å²) in [5.41, 5.74) is 1.31. The highest BCUT2D eigenvalue weighted by atomic mass is 16.6. The number of carbonyl (C=O) groups is 1. The fraction of sp³-hybridized carbons (Fsp3) is 0.190. The Morgan fingerprint density at radius 3 is 2.62 bits per heavy atom. The summed E-state index contributed by atoms with van der Waals surface area (Å²) >= 11 is 0. The van der Waals surface area contributed by atoms with Gasteiger partial charge in [0, 0.05) is 23.8 Å². The van der Waals surface area contributed by atoms with Gasteiger partial charge in [0.05, 0.1) is 4.92 Å². The number of nitro benzene ring substituents is 1. The Kier molecular flexibility index (Phi) is 6.13. The SMILES string of the molecule is CC(C)[C@H](NC(=O)/C=C/c1ccccc1)c1nc(-c2cccc([N+](=O)[O-])c2)no1. The van der Waals surface area contributed by atoms with Crippen molar-refractivity contribution in [3.05, 3.63) is 82.2 Å². The van der Waals surface area contributed by atoms with Crippen molar-refractivity contribution in [2.24, 2.45) is 5.92 Å². The molecule has 1 amide bonds. The number of non-ortho nitro benzene ring substituents is 1. The summed E-state index contributed by atoms with van der Waals surface area (Å²) in [4.78, 5) is 27.1. The minimum absolute atomic E-state index is 0.0116. The Morgan fingerprint density at radius 2 is 1.93 bits per heavy atom. The van der Waals surface area contributed by atoms with Gasteiger partial charge in [-0.3, -0.25) is 14.9 Å². The number of nitrogens with zero attached hydrogens (tertiary/aromatic N) is 3. The number of aromatic nitrogens is 2. The van der Waals surface area contributed by atoms with Gasteiger partial charge in [-0.25, -0.2) is 0 Å². The van der Waals surface area contributed by atoms with Crippen molar-refractivity contribution < 1.29 is 14.2 Å². The van der Waals surface area contributed by atoms with E-state index >= 15 is 0 Å². The smallest absolute Gasteiger partial charge is 0.270 e. The van der Waals surface area contributed by atoms with Crippen LogP contribution in [-0.2, 0) is 4.79 Å². The number of hydrogen-bond donors (Lipinski definition) is 1. The van der Waals surface area contributed by atoms with E-state index in [1.807, 2.05) is 44.2 Å². The van der Waals surface area contributed by atoms with Gasteiger partial charge in [0.25, 0.3) is 5.69 Å². The number of benzene rings is 2. The van der Waals surface area contributed by atoms with Crippen LogP contribution in [0.4, 0.5) is 5.69 Å². The fourth-order valence-corrected chi connectivity index (χ4v) is 2.69. The van der Waals surface area contributed by atoms with Gasteiger partial charge in [0.1, 0.15) is 6.04 Å². The monoisotopic (exact) mass is 392 g/mol. The molecule has 8 nitrogen and oxygen atoms in total. The lowest BCUT2D eigenvalue weighted by atomic mass is 10.0. The van der Waals surface area contributed by atoms with Gasteiger partial charge in [0.15, 0.2) is 0 Å². The van der Waals surface area contributed by atoms with Gasteiger partial charge in [-0.1, -0.05) is 61.5 Å². The quantitative estimate of drug-likeness (QED) is 0.367. The van der Waals surface area contributed by atoms with Crippen molar-refractivity contribution in [2.45, 2.75) is 19.9 Å². The number of amides is 1. The molecule has 0 radical (unpaired) electrons. The first-order chi connectivity index (χ1) is 13.9. The predicted molar refractivity (Wildman–Crippen MR) is 108 cm³/mol. The van der Waals surface area contributed by atoms with Crippen molar-refractivity contribution in [3.63, 3.8) is 0 Å². The van der Waals surface area contributed by atoms with Crippen LogP contribution in [0, 0.1) is 16.0 Å². The first-order valence-electron chi connectivity index (χ1n) is 9.06. The third-order valence-corrected chi connectivity index (χ3v) is 4.21. The van der Waals surface area contributed by atoms with Crippen LogP contribution in [0.25, 0.3) is 17.5 Å². The highest BCUT2D eigenvalue weighted by Crippen LogP contribution is 2.25. The number of rotatable bonds is 7. The minimum Gasteiger partial charge on any atom is -0.340 e. The Bertz CT molecular complexity index is 1030. The topological polar surface area (TPSA) is 111 Å². The third kappa shape index (κ3) is 5.13. The molecular weight excluding hydrogens is 372 g/mol. The van der Waals surface area contributed by atoms with Crippen LogP contribution in [0.5, 0.6) is 0 Å². The summed E-state index contributed by atoms with van der Waals surface area (Å²) in [6.07, 6.45) is 3.16. The molecule has 0 aliphatic carbocycles. The molecule has 0 unspecified atom stereocenters. The van der Waals surface area contributed by atoms with Crippen LogP contribution in [0.3, 0.4) is 0 Å². The highest BCUT2D eigenvalue weighted by Gasteiger charge is 2.24. The van der Waals surface area contributed by atoms with Crippen molar-refractivity contribution in [1.82, 2.24) is 15.5 Å². The molecule has 0 fully saturated rings. The highest BCUT2D eigenvalue weighted by molar-refractivity contribution is 5.91. The molecule has 1 aromatic heterocycles. The summed E-state index contributed by atoms with van der Waals surface area (Å²) in [7, 11) is 0. The summed E-state index contributed by atoms with van der Waals surface area (Å²) in [5, 5.41) is 17.7. The zero-order valence-corrected chi connectivity index (χ0v) is 16.0. The number of nitro groups is 1. The molecule has 148 valence electrons. The van der Waals surface area contributed by atoms with Gasteiger partial charge in [0.2, 0.25) is 17.6 Å². The van der Waals surface area contributed by atoms with E-state index < -0.39 is 11.0 Å². The fourth-order valence-electron chi connectivity index (χ4n) is 2.69. The predicted octanol–water partition coefficient (Wildman–Crippen LogP) is 4.17. The Morgan fingerprint density at radius 1 is 1.17 bits per heavy atom. The molecule has 1 atom stereocenters. The van der Waals surface area contributed by atoms with Crippen molar-refractivity contribution in [1.29, 1.82) is 0 Å². The maximum atomic E-state index is 12.3. The normalized spacial score (nSPS) is 12.2. The lowest BCUT2D eigenvalue weighted by Crippen LogP contribution is -2.30. The average molecular weight is 392 g/mol. The molecule has 0 saturated heterocycles. The molecule has 1 N–H and O–H groups in total. The molecule has 0 bridgehead atoms. The van der Waals surface area contributed by atoms with E-state index in [1.54, 1.807) is 18.2 Å². The van der Waals surface area contributed by atoms with Gasteiger partial charge in [-0.05, 0) is 17.6 Å². The average Bonchev–Trinajstić information content (AvgIpc) is 3.21. The minimum atomic E-state index is -0.497. The maximum Gasteiger partial charge on any atom is 0.270 e. The van der Waals surface area contributed by atoms with E-state index in [2.05, 4.69) is 15.5 Å². The summed E-state index contributed by atoms with van der Waals surface area (Å²) in [6, 6.07) is 15.0. The molecule has 0 aliphatic heterocycles. The van der Waals surface area contributed by atoms with Gasteiger partial charge >= 0.3 is 0 Å². The molecule has 0 aliphatic rings. The largest absolute Gasteiger partial charge is 0.340 e. The van der Waals surface area contributed by atoms with E-state index in [-0.39, 0.29) is 29.2 Å². The Balaban J connectivity index is 1.76. The first kappa shape index (κ1) is 19.9. The zero-order chi connectivity index (χ0) is 20.8. The lowest BCUT2D eigenvalue weighted by Gasteiger charge is -2.17. The van der Waals surface area contributed by atoms with E-state index in [1.165, 1.54) is 18.2 Å². The van der Waals surface area contributed by atoms with Gasteiger partial charge in [-0.15, -0.1) is 0 Å². The molecule has 8 heteroatoms. The van der Waals surface area contributed by atoms with E-state index in [9.17, 15) is 14.9 Å². The second-order valence-corrected chi connectivity index (χ2v) is 6.74. The zero-order valence-electron chi connectivity index (χ0n) is 16.0. The molecule has 2 aromatic carbocycles. The molecule has 3 rings (SSSR count). The maximum absolute atomic E-state index is 12.3. The van der Waals surface area contributed by atoms with Crippen LogP contribution in [0.2, 0.25) is 0 Å². The van der Waals surface area contributed by atoms with Gasteiger partial charge < -0.3 is 9.84 Å². The molecule has 0 saturated carbocycles. The third-order valence-electron chi connectivity index (χ3n) is 4.21. The van der Waals surface area contributed by atoms with E-state index in [4.69, 9.17) is 4.52 Å². The van der Waals surface area contributed by atoms with Gasteiger partial charge in [-0.2, -0.15) is 4.98 Å². The molecular formula is C21H20N4O4. The number of nitrogens with one attached hydrogen (secondary N) is 1. The van der Waals surface area contributed by atoms with E-state index in [0.717, 1.165) is 5.56 Å². The van der Waals surface area contributed by atoms with Crippen LogP contribution in [0.15, 0.2) is 65.2 Å². The molecule has 3 aromatic rings. The van der Waals surface area contributed by atoms with Crippen LogP contribution in [0.1, 0.15) is 31.3 Å². The standard InChI is InChI=1S/C21H20N4O4/c1-14(2)19(22-18(26)12-11-15-7-4-3-5-8-15)21-23-20(24-29-21)16-9-6-10-17(13-16)25(27)28/h3-14,19H,1-2H3,(H,22,26)/b12-11+/t19-/m0/s1. The van der Waals surface area contributed by atoms with Crippen LogP contribution >= 0.6 is 0 Å². The van der Waals surface area contributed by atoms with Crippen LogP contribution < -0.4 is 5.32 Å². The van der Waals surface area contributed by atoms with Crippen LogP contribution in [-0.4, -0.2) is 21.0 Å². The van der Waals surface area contributed by atoms with Crippen molar-refractivity contribution >= 4 is 17.7 Å². The Hall–Kier alpha value is -3.81. The van der Waals surface area contributed by atoms with E-state index in [0.29, 0.717) is 5.56 Å². The second-order valence-electron chi connectivity index (χ2n) is 6.74. The second kappa shape index (κ2) is 8.92.